The van der Waals surface area contributed by atoms with Crippen molar-refractivity contribution < 1.29 is 14.3 Å². The zero-order valence-electron chi connectivity index (χ0n) is 10.5. The Bertz CT molecular complexity index is 600. The van der Waals surface area contributed by atoms with E-state index in [1.54, 1.807) is 0 Å². The normalized spacial score (nSPS) is 12.2. The van der Waals surface area contributed by atoms with E-state index in [9.17, 15) is 4.79 Å². The van der Waals surface area contributed by atoms with Crippen LogP contribution in [0.2, 0.25) is 0 Å². The number of nitrogens with two attached hydrogens (primary N) is 1. The Kier molecular flexibility index (Phi) is 4.89. The molecule has 2 aromatic rings. The lowest BCUT2D eigenvalue weighted by molar-refractivity contribution is 0.0945. The van der Waals surface area contributed by atoms with Crippen LogP contribution < -0.4 is 11.1 Å². The molecule has 0 aliphatic heterocycles. The van der Waals surface area contributed by atoms with Crippen molar-refractivity contribution in [3.63, 3.8) is 0 Å². The van der Waals surface area contributed by atoms with Gasteiger partial charge in [0.05, 0.1) is 6.61 Å². The molecular formula is C13H14BrN3O3. The zero-order valence-corrected chi connectivity index (χ0v) is 12.1. The molecule has 0 aliphatic carbocycles. The Hall–Kier alpha value is -1.70. The Balaban J connectivity index is 1.96. The first-order valence-corrected chi connectivity index (χ1v) is 6.74. The summed E-state index contributed by atoms with van der Waals surface area (Å²) in [6.07, 6.45) is 1.22. The van der Waals surface area contributed by atoms with Gasteiger partial charge in [0.1, 0.15) is 12.3 Å². The van der Waals surface area contributed by atoms with E-state index in [1.807, 2.05) is 24.3 Å². The molecule has 20 heavy (non-hydrogen) atoms. The molecule has 0 bridgehead atoms. The minimum Gasteiger partial charge on any atom is -0.446 e. The number of carbonyl (C=O) groups excluding carboxylic acids is 1. The van der Waals surface area contributed by atoms with Crippen LogP contribution in [0.3, 0.4) is 0 Å². The molecule has 0 saturated carbocycles. The predicted molar refractivity (Wildman–Crippen MR) is 75.8 cm³/mol. The van der Waals surface area contributed by atoms with Crippen molar-refractivity contribution in [1.29, 1.82) is 0 Å². The molecule has 6 nitrogen and oxygen atoms in total. The van der Waals surface area contributed by atoms with Gasteiger partial charge < -0.3 is 20.6 Å². The monoisotopic (exact) mass is 339 g/mol. The Labute approximate surface area is 124 Å². The van der Waals surface area contributed by atoms with Crippen LogP contribution in [0.15, 0.2) is 39.4 Å². The minimum atomic E-state index is -0.721. The highest BCUT2D eigenvalue weighted by Gasteiger charge is 2.16. The van der Waals surface area contributed by atoms with Gasteiger partial charge >= 0.3 is 0 Å². The van der Waals surface area contributed by atoms with E-state index in [4.69, 9.17) is 15.3 Å². The SMILES string of the molecule is NC(CO)c1nc(C(=O)NCc2cccc(Br)c2)co1. The largest absolute Gasteiger partial charge is 0.446 e. The van der Waals surface area contributed by atoms with Crippen LogP contribution in [-0.2, 0) is 6.54 Å². The molecule has 2 rings (SSSR count). The number of aliphatic hydroxyl groups excluding tert-OH is 1. The predicted octanol–water partition coefficient (Wildman–Crippen LogP) is 1.36. The van der Waals surface area contributed by atoms with Crippen LogP contribution in [0, 0.1) is 0 Å². The van der Waals surface area contributed by atoms with Gasteiger partial charge in [0.25, 0.3) is 5.91 Å². The number of aliphatic hydroxyl groups is 1. The molecule has 1 heterocycles. The van der Waals surface area contributed by atoms with Crippen molar-refractivity contribution >= 4 is 21.8 Å². The molecule has 0 radical (unpaired) electrons. The second-order valence-corrected chi connectivity index (χ2v) is 5.09. The standard InChI is InChI=1S/C13H14BrN3O3/c14-9-3-1-2-8(4-9)5-16-12(19)11-7-20-13(17-11)10(15)6-18/h1-4,7,10,18H,5-6,15H2,(H,16,19). The van der Waals surface area contributed by atoms with Crippen LogP contribution in [0.1, 0.15) is 28.0 Å². The summed E-state index contributed by atoms with van der Waals surface area (Å²) >= 11 is 3.36. The first-order valence-electron chi connectivity index (χ1n) is 5.94. The first-order chi connectivity index (χ1) is 9.60. The highest BCUT2D eigenvalue weighted by atomic mass is 79.9. The lowest BCUT2D eigenvalue weighted by Gasteiger charge is -2.03. The van der Waals surface area contributed by atoms with Crippen molar-refractivity contribution in [2.24, 2.45) is 5.73 Å². The van der Waals surface area contributed by atoms with Crippen LogP contribution in [0.25, 0.3) is 0 Å². The van der Waals surface area contributed by atoms with Gasteiger partial charge in [0, 0.05) is 11.0 Å². The summed E-state index contributed by atoms with van der Waals surface area (Å²) < 4.78 is 5.99. The number of hydrogen-bond acceptors (Lipinski definition) is 5. The van der Waals surface area contributed by atoms with Crippen LogP contribution in [0.5, 0.6) is 0 Å². The maximum Gasteiger partial charge on any atom is 0.273 e. The summed E-state index contributed by atoms with van der Waals surface area (Å²) in [7, 11) is 0. The van der Waals surface area contributed by atoms with Crippen molar-refractivity contribution in [1.82, 2.24) is 10.3 Å². The summed E-state index contributed by atoms with van der Waals surface area (Å²) in [5.74, 6) is -0.217. The molecule has 0 fully saturated rings. The highest BCUT2D eigenvalue weighted by Crippen LogP contribution is 2.12. The van der Waals surface area contributed by atoms with E-state index < -0.39 is 6.04 Å². The lowest BCUT2D eigenvalue weighted by atomic mass is 10.2. The number of oxazole rings is 1. The van der Waals surface area contributed by atoms with E-state index in [0.29, 0.717) is 6.54 Å². The fourth-order valence-corrected chi connectivity index (χ4v) is 2.01. The third-order valence-electron chi connectivity index (χ3n) is 2.61. The smallest absolute Gasteiger partial charge is 0.273 e. The second kappa shape index (κ2) is 6.65. The highest BCUT2D eigenvalue weighted by molar-refractivity contribution is 9.10. The second-order valence-electron chi connectivity index (χ2n) is 4.17. The maximum absolute atomic E-state index is 11.9. The number of rotatable bonds is 5. The van der Waals surface area contributed by atoms with Gasteiger partial charge in [-0.05, 0) is 17.7 Å². The van der Waals surface area contributed by atoms with E-state index in [1.165, 1.54) is 6.26 Å². The Morgan fingerprint density at radius 1 is 1.55 bits per heavy atom. The van der Waals surface area contributed by atoms with Gasteiger partial charge in [-0.15, -0.1) is 0 Å². The molecule has 1 atom stereocenters. The Morgan fingerprint density at radius 2 is 2.35 bits per heavy atom. The fourth-order valence-electron chi connectivity index (χ4n) is 1.56. The summed E-state index contributed by atoms with van der Waals surface area (Å²) in [5, 5.41) is 11.6. The molecule has 1 aromatic heterocycles. The molecule has 1 aromatic carbocycles. The number of nitrogens with zero attached hydrogens (tertiary/aromatic N) is 1. The number of nitrogens with one attached hydrogen (secondary N) is 1. The van der Waals surface area contributed by atoms with E-state index in [0.717, 1.165) is 10.0 Å². The van der Waals surface area contributed by atoms with E-state index >= 15 is 0 Å². The van der Waals surface area contributed by atoms with Crippen LogP contribution >= 0.6 is 15.9 Å². The van der Waals surface area contributed by atoms with E-state index in [-0.39, 0.29) is 24.1 Å². The summed E-state index contributed by atoms with van der Waals surface area (Å²) in [6.45, 7) is 0.0894. The maximum atomic E-state index is 11.9. The molecule has 106 valence electrons. The van der Waals surface area contributed by atoms with Crippen molar-refractivity contribution in [3.05, 3.63) is 52.1 Å². The topological polar surface area (TPSA) is 101 Å². The molecule has 7 heteroatoms. The van der Waals surface area contributed by atoms with Gasteiger partial charge in [-0.25, -0.2) is 4.98 Å². The van der Waals surface area contributed by atoms with Gasteiger partial charge in [-0.3, -0.25) is 4.79 Å². The number of carbonyl (C=O) groups is 1. The number of aromatic nitrogens is 1. The van der Waals surface area contributed by atoms with Crippen LogP contribution in [0.4, 0.5) is 0 Å². The molecule has 1 unspecified atom stereocenters. The zero-order chi connectivity index (χ0) is 14.5. The number of halogens is 1. The lowest BCUT2D eigenvalue weighted by Crippen LogP contribution is -2.23. The van der Waals surface area contributed by atoms with Gasteiger partial charge in [0.2, 0.25) is 5.89 Å². The third-order valence-corrected chi connectivity index (χ3v) is 3.10. The van der Waals surface area contributed by atoms with Crippen LogP contribution in [-0.4, -0.2) is 22.6 Å². The van der Waals surface area contributed by atoms with Gasteiger partial charge in [-0.2, -0.15) is 0 Å². The minimum absolute atomic E-state index is 0.138. The number of benzene rings is 1. The van der Waals surface area contributed by atoms with Crippen molar-refractivity contribution in [3.8, 4) is 0 Å². The van der Waals surface area contributed by atoms with E-state index in [2.05, 4.69) is 26.2 Å². The van der Waals surface area contributed by atoms with Crippen molar-refractivity contribution in [2.75, 3.05) is 6.61 Å². The molecule has 1 amide bonds. The van der Waals surface area contributed by atoms with Crippen molar-refractivity contribution in [2.45, 2.75) is 12.6 Å². The quantitative estimate of drug-likeness (QED) is 0.763. The molecule has 4 N–H and O–H groups in total. The summed E-state index contributed by atoms with van der Waals surface area (Å²) in [4.78, 5) is 15.8. The third kappa shape index (κ3) is 3.66. The number of amides is 1. The summed E-state index contributed by atoms with van der Waals surface area (Å²) in [5.41, 5.74) is 6.65. The first kappa shape index (κ1) is 14.7. The fraction of sp³-hybridized carbons (Fsp3) is 0.231. The Morgan fingerprint density at radius 3 is 3.05 bits per heavy atom. The van der Waals surface area contributed by atoms with Gasteiger partial charge in [-0.1, -0.05) is 28.1 Å². The number of hydrogen-bond donors (Lipinski definition) is 3. The molecule has 0 spiro atoms. The molecular weight excluding hydrogens is 326 g/mol. The molecule has 0 saturated heterocycles. The average molecular weight is 340 g/mol. The average Bonchev–Trinajstić information content (AvgIpc) is 2.94. The van der Waals surface area contributed by atoms with Gasteiger partial charge in [0.15, 0.2) is 5.69 Å². The summed E-state index contributed by atoms with van der Waals surface area (Å²) in [6, 6.07) is 6.89. The molecule has 0 aliphatic rings.